The Morgan fingerprint density at radius 1 is 1.00 bits per heavy atom. The first-order chi connectivity index (χ1) is 12.5. The Morgan fingerprint density at radius 2 is 1.62 bits per heavy atom. The van der Waals surface area contributed by atoms with Crippen LogP contribution >= 0.6 is 0 Å². The molecule has 1 aromatic carbocycles. The van der Waals surface area contributed by atoms with Gasteiger partial charge < -0.3 is 0 Å². The number of aromatic nitrogens is 1. The molecule has 0 spiro atoms. The predicted molar refractivity (Wildman–Crippen MR) is 112 cm³/mol. The number of carboxylic acid groups (broad SMARTS) is 1. The molecule has 140 valence electrons. The van der Waals surface area contributed by atoms with Crippen molar-refractivity contribution in [2.24, 2.45) is 0 Å². The molecular formula is C22H31NO2Sn. The van der Waals surface area contributed by atoms with Crippen molar-refractivity contribution in [3.8, 4) is 11.3 Å². The predicted octanol–water partition coefficient (Wildman–Crippen LogP) is 5.64. The molecule has 0 unspecified atom stereocenters. The molecule has 2 aromatic rings. The van der Waals surface area contributed by atoms with E-state index in [1.54, 1.807) is 6.07 Å². The Bertz CT molecular complexity index is 723. The minimum atomic E-state index is -2.62. The summed E-state index contributed by atoms with van der Waals surface area (Å²) in [6, 6.07) is 10.1. The second-order valence-electron chi connectivity index (χ2n) is 7.36. The molecule has 0 saturated carbocycles. The second-order valence-corrected chi connectivity index (χ2v) is 20.6. The van der Waals surface area contributed by atoms with E-state index in [0.29, 0.717) is 5.56 Å². The molecule has 1 N–H and O–H groups in total. The molecule has 0 aliphatic rings. The normalized spacial score (nSPS) is 11.5. The quantitative estimate of drug-likeness (QED) is 0.493. The summed E-state index contributed by atoms with van der Waals surface area (Å²) in [5.41, 5.74) is 3.33. The number of carboxylic acids is 1. The monoisotopic (exact) mass is 461 g/mol. The van der Waals surface area contributed by atoms with Gasteiger partial charge in [0.25, 0.3) is 0 Å². The van der Waals surface area contributed by atoms with Crippen LogP contribution in [0.5, 0.6) is 0 Å². The van der Waals surface area contributed by atoms with Crippen molar-refractivity contribution in [3.05, 3.63) is 47.7 Å². The first-order valence-corrected chi connectivity index (χ1v) is 17.3. The zero-order valence-electron chi connectivity index (χ0n) is 16.5. The van der Waals surface area contributed by atoms with E-state index in [9.17, 15) is 9.90 Å². The number of nitrogens with zero attached hydrogens (tertiary/aromatic N) is 1. The van der Waals surface area contributed by atoms with Crippen molar-refractivity contribution in [3.63, 3.8) is 0 Å². The Labute approximate surface area is 161 Å². The summed E-state index contributed by atoms with van der Waals surface area (Å²) in [7, 11) is 0. The molecule has 0 radical (unpaired) electrons. The zero-order chi connectivity index (χ0) is 19.2. The average molecular weight is 460 g/mol. The average Bonchev–Trinajstić information content (AvgIpc) is 2.62. The number of hydrogen-bond acceptors (Lipinski definition) is 2. The summed E-state index contributed by atoms with van der Waals surface area (Å²) in [6.07, 6.45) is 5.41. The van der Waals surface area contributed by atoms with Crippen LogP contribution in [-0.4, -0.2) is 34.4 Å². The van der Waals surface area contributed by atoms with Crippen LogP contribution in [0, 0.1) is 6.92 Å². The van der Waals surface area contributed by atoms with Gasteiger partial charge in [-0.3, -0.25) is 0 Å². The fourth-order valence-corrected chi connectivity index (χ4v) is 19.5. The molecule has 0 saturated heterocycles. The number of benzene rings is 1. The Balaban J connectivity index is 2.64. The van der Waals surface area contributed by atoms with Gasteiger partial charge in [0.15, 0.2) is 0 Å². The van der Waals surface area contributed by atoms with Gasteiger partial charge in [-0.1, -0.05) is 0 Å². The fourth-order valence-electron chi connectivity index (χ4n) is 4.09. The molecule has 0 aliphatic heterocycles. The second kappa shape index (κ2) is 9.54. The molecule has 0 atom stereocenters. The van der Waals surface area contributed by atoms with Crippen molar-refractivity contribution in [2.75, 3.05) is 0 Å². The third kappa shape index (κ3) is 4.87. The first-order valence-electron chi connectivity index (χ1n) is 9.77. The van der Waals surface area contributed by atoms with Crippen molar-refractivity contribution in [1.82, 2.24) is 4.98 Å². The molecule has 3 nitrogen and oxygen atoms in total. The molecule has 1 aromatic heterocycles. The number of rotatable bonds is 9. The van der Waals surface area contributed by atoms with E-state index in [-0.39, 0.29) is 0 Å². The Hall–Kier alpha value is -1.36. The summed E-state index contributed by atoms with van der Waals surface area (Å²) in [5.74, 6) is -0.843. The third-order valence-electron chi connectivity index (χ3n) is 5.19. The Morgan fingerprint density at radius 3 is 2.08 bits per heavy atom. The molecule has 0 bridgehead atoms. The Kier molecular flexibility index (Phi) is 7.68. The van der Waals surface area contributed by atoms with Crippen molar-refractivity contribution in [2.45, 2.75) is 60.3 Å². The number of carbonyl (C=O) groups is 1. The van der Waals surface area contributed by atoms with Crippen LogP contribution < -0.4 is 3.58 Å². The van der Waals surface area contributed by atoms with E-state index in [0.717, 1.165) is 16.8 Å². The van der Waals surface area contributed by atoms with Crippen LogP contribution in [-0.2, 0) is 0 Å². The molecular weight excluding hydrogens is 429 g/mol. The maximum atomic E-state index is 11.8. The summed E-state index contributed by atoms with van der Waals surface area (Å²) in [5, 5.41) is 9.68. The van der Waals surface area contributed by atoms with E-state index in [1.165, 1.54) is 36.2 Å². The van der Waals surface area contributed by atoms with Crippen LogP contribution in [0.2, 0.25) is 13.3 Å². The van der Waals surface area contributed by atoms with Crippen molar-refractivity contribution in [1.29, 1.82) is 0 Å². The van der Waals surface area contributed by atoms with Crippen LogP contribution in [0.4, 0.5) is 0 Å². The molecule has 1 heterocycles. The van der Waals surface area contributed by atoms with Crippen molar-refractivity contribution >= 4 is 27.9 Å². The minimum absolute atomic E-state index is 0.407. The number of aromatic carboxylic acids is 1. The van der Waals surface area contributed by atoms with Crippen LogP contribution in [0.15, 0.2) is 36.5 Å². The molecule has 2 rings (SSSR count). The van der Waals surface area contributed by atoms with Crippen LogP contribution in [0.1, 0.15) is 56.0 Å². The number of aryl methyl sites for hydroxylation is 1. The van der Waals surface area contributed by atoms with E-state index in [1.807, 2.05) is 31.3 Å². The summed E-state index contributed by atoms with van der Waals surface area (Å²) in [4.78, 5) is 16.3. The number of pyridine rings is 1. The van der Waals surface area contributed by atoms with Gasteiger partial charge in [-0.05, 0) is 0 Å². The van der Waals surface area contributed by atoms with Gasteiger partial charge in [0.05, 0.1) is 0 Å². The van der Waals surface area contributed by atoms with E-state index in [2.05, 4.69) is 31.8 Å². The molecule has 0 aliphatic carbocycles. The SMILES string of the molecule is CC[CH2][Sn]([CH2]CC)([CH2]CC)[c]1cc(C(=O)O)cc(-c2ccc(C)cn2)c1. The van der Waals surface area contributed by atoms with Crippen LogP contribution in [0.3, 0.4) is 0 Å². The maximum absolute atomic E-state index is 11.8. The van der Waals surface area contributed by atoms with Gasteiger partial charge >= 0.3 is 162 Å². The fraction of sp³-hybridized carbons (Fsp3) is 0.455. The van der Waals surface area contributed by atoms with Crippen LogP contribution in [0.25, 0.3) is 11.3 Å². The van der Waals surface area contributed by atoms with Gasteiger partial charge in [0, 0.05) is 0 Å². The van der Waals surface area contributed by atoms with Crippen molar-refractivity contribution < 1.29 is 9.90 Å². The standard InChI is InChI=1S/C13H10NO2.3C3H7.Sn/c1-9-5-6-12(14-8-9)10-3-2-4-11(7-10)13(15)16;3*1-3-2;/h3-8H,1H3,(H,15,16);3*1,3H2,2H3;. The van der Waals surface area contributed by atoms with Gasteiger partial charge in [-0.2, -0.15) is 0 Å². The zero-order valence-corrected chi connectivity index (χ0v) is 19.4. The summed E-state index contributed by atoms with van der Waals surface area (Å²) in [6.45, 7) is 8.81. The molecule has 26 heavy (non-hydrogen) atoms. The van der Waals surface area contributed by atoms with Gasteiger partial charge in [0.2, 0.25) is 0 Å². The molecule has 4 heteroatoms. The van der Waals surface area contributed by atoms with Gasteiger partial charge in [-0.25, -0.2) is 0 Å². The van der Waals surface area contributed by atoms with Gasteiger partial charge in [-0.15, -0.1) is 0 Å². The van der Waals surface area contributed by atoms with E-state index < -0.39 is 24.3 Å². The van der Waals surface area contributed by atoms with E-state index in [4.69, 9.17) is 0 Å². The summed E-state index contributed by atoms with van der Waals surface area (Å²) >= 11 is -2.62. The molecule has 0 amide bonds. The summed E-state index contributed by atoms with van der Waals surface area (Å²) < 4.78 is 5.24. The van der Waals surface area contributed by atoms with E-state index >= 15 is 0 Å². The van der Waals surface area contributed by atoms with Gasteiger partial charge in [0.1, 0.15) is 0 Å². The first kappa shape index (κ1) is 20.9. The topological polar surface area (TPSA) is 50.2 Å². The molecule has 0 fully saturated rings. The number of hydrogen-bond donors (Lipinski definition) is 1. The third-order valence-corrected chi connectivity index (χ3v) is 22.0.